The van der Waals surface area contributed by atoms with E-state index in [1.165, 1.54) is 18.4 Å². The minimum Gasteiger partial charge on any atom is -0.352 e. The zero-order valence-corrected chi connectivity index (χ0v) is 15.4. The summed E-state index contributed by atoms with van der Waals surface area (Å²) >= 11 is 0. The summed E-state index contributed by atoms with van der Waals surface area (Å²) in [6, 6.07) is 10.5. The number of hydrogen-bond acceptors (Lipinski definition) is 4. The number of carbonyl (C=O) groups is 1. The molecule has 1 aromatic rings. The number of terminal acetylenes is 1. The summed E-state index contributed by atoms with van der Waals surface area (Å²) in [5, 5.41) is 11.5. The van der Waals surface area contributed by atoms with Crippen LogP contribution in [0.5, 0.6) is 0 Å². The molecule has 1 N–H and O–H groups in total. The Balaban J connectivity index is 1.50. The molecule has 1 aromatic carbocycles. The van der Waals surface area contributed by atoms with Crippen molar-refractivity contribution in [1.29, 1.82) is 0 Å². The maximum atomic E-state index is 12.5. The van der Waals surface area contributed by atoms with Gasteiger partial charge in [0.05, 0.1) is 0 Å². The lowest BCUT2D eigenvalue weighted by atomic mass is 10.0. The van der Waals surface area contributed by atoms with Crippen molar-refractivity contribution in [2.75, 3.05) is 19.6 Å². The lowest BCUT2D eigenvalue weighted by Gasteiger charge is -2.25. The van der Waals surface area contributed by atoms with Crippen LogP contribution in [0.1, 0.15) is 44.1 Å². The van der Waals surface area contributed by atoms with Gasteiger partial charge in [0.25, 0.3) is 0 Å². The summed E-state index contributed by atoms with van der Waals surface area (Å²) in [6.07, 6.45) is 11.2. The van der Waals surface area contributed by atoms with Gasteiger partial charge in [-0.2, -0.15) is 10.2 Å². The van der Waals surface area contributed by atoms with Crippen molar-refractivity contribution in [2.24, 2.45) is 10.2 Å². The highest BCUT2D eigenvalue weighted by Gasteiger charge is 2.39. The molecule has 0 aromatic heterocycles. The van der Waals surface area contributed by atoms with Gasteiger partial charge in [0.2, 0.25) is 5.91 Å². The van der Waals surface area contributed by atoms with E-state index in [0.717, 1.165) is 32.5 Å². The van der Waals surface area contributed by atoms with Crippen LogP contribution in [-0.4, -0.2) is 42.1 Å². The number of nitrogens with one attached hydrogen (secondary N) is 1. The molecule has 0 radical (unpaired) electrons. The van der Waals surface area contributed by atoms with Crippen LogP contribution in [0.15, 0.2) is 40.6 Å². The Hall–Kier alpha value is -2.19. The molecule has 2 aliphatic rings. The Morgan fingerprint density at radius 2 is 1.96 bits per heavy atom. The van der Waals surface area contributed by atoms with E-state index in [1.807, 2.05) is 6.07 Å². The van der Waals surface area contributed by atoms with Gasteiger partial charge in [0.1, 0.15) is 0 Å². The molecule has 2 heterocycles. The fraction of sp³-hybridized carbons (Fsp3) is 0.571. The van der Waals surface area contributed by atoms with Gasteiger partial charge in [-0.15, -0.1) is 12.3 Å². The van der Waals surface area contributed by atoms with Crippen molar-refractivity contribution >= 4 is 5.91 Å². The predicted octanol–water partition coefficient (Wildman–Crippen LogP) is 3.17. The number of amides is 1. The topological polar surface area (TPSA) is 57.1 Å². The monoisotopic (exact) mass is 352 g/mol. The van der Waals surface area contributed by atoms with Crippen LogP contribution in [0.4, 0.5) is 0 Å². The zero-order valence-electron chi connectivity index (χ0n) is 15.4. The molecular weight excluding hydrogens is 324 g/mol. The quantitative estimate of drug-likeness (QED) is 0.658. The first-order valence-corrected chi connectivity index (χ1v) is 9.62. The van der Waals surface area contributed by atoms with Crippen LogP contribution in [0.2, 0.25) is 0 Å². The highest BCUT2D eigenvalue weighted by Crippen LogP contribution is 2.37. The third-order valence-corrected chi connectivity index (χ3v) is 5.17. The molecule has 26 heavy (non-hydrogen) atoms. The van der Waals surface area contributed by atoms with Gasteiger partial charge >= 0.3 is 0 Å². The summed E-state index contributed by atoms with van der Waals surface area (Å²) < 4.78 is 0. The molecule has 2 aliphatic heterocycles. The van der Waals surface area contributed by atoms with Gasteiger partial charge in [-0.25, -0.2) is 0 Å². The minimum atomic E-state index is -0.381. The molecule has 0 spiro atoms. The van der Waals surface area contributed by atoms with Gasteiger partial charge in [-0.05, 0) is 37.9 Å². The van der Waals surface area contributed by atoms with E-state index in [9.17, 15) is 4.79 Å². The van der Waals surface area contributed by atoms with Crippen LogP contribution in [0, 0.1) is 12.3 Å². The van der Waals surface area contributed by atoms with Crippen LogP contribution in [0.25, 0.3) is 0 Å². The second-order valence-electron chi connectivity index (χ2n) is 7.35. The molecule has 1 atom stereocenters. The Morgan fingerprint density at radius 1 is 1.23 bits per heavy atom. The standard InChI is InChI=1S/C21H28N4O/c1-2-3-12-21(23-24-21)13-11-20(26)22-19(17-25-14-7-8-15-25)16-18-9-5-4-6-10-18/h1,4-6,9-10,19H,3,7-8,11-17H2,(H,22,26). The molecule has 1 amide bonds. The largest absolute Gasteiger partial charge is 0.352 e. The third-order valence-electron chi connectivity index (χ3n) is 5.17. The molecule has 1 saturated heterocycles. The Morgan fingerprint density at radius 3 is 2.62 bits per heavy atom. The highest BCUT2D eigenvalue weighted by atomic mass is 16.1. The van der Waals surface area contributed by atoms with Crippen LogP contribution in [-0.2, 0) is 11.2 Å². The number of hydrogen-bond donors (Lipinski definition) is 1. The SMILES string of the molecule is C#CCCC1(CCC(=O)NC(Cc2ccccc2)CN2CCCC2)N=N1. The normalized spacial score (nSPS) is 19.0. The molecule has 138 valence electrons. The first-order valence-electron chi connectivity index (χ1n) is 9.62. The molecule has 1 unspecified atom stereocenters. The molecule has 5 nitrogen and oxygen atoms in total. The molecule has 5 heteroatoms. The third kappa shape index (κ3) is 5.67. The molecule has 0 bridgehead atoms. The minimum absolute atomic E-state index is 0.0857. The summed E-state index contributed by atoms with van der Waals surface area (Å²) in [4.78, 5) is 15.0. The number of likely N-dealkylation sites (tertiary alicyclic amines) is 1. The number of carbonyl (C=O) groups excluding carboxylic acids is 1. The predicted molar refractivity (Wildman–Crippen MR) is 103 cm³/mol. The summed E-state index contributed by atoms with van der Waals surface area (Å²) in [5.41, 5.74) is 0.878. The second-order valence-corrected chi connectivity index (χ2v) is 7.35. The van der Waals surface area contributed by atoms with Crippen molar-refractivity contribution in [3.63, 3.8) is 0 Å². The lowest BCUT2D eigenvalue weighted by molar-refractivity contribution is -0.122. The summed E-state index contributed by atoms with van der Waals surface area (Å²) in [5.74, 6) is 2.71. The Kier molecular flexibility index (Phi) is 6.40. The average Bonchev–Trinajstić information content (AvgIpc) is 3.24. The van der Waals surface area contributed by atoms with E-state index in [1.54, 1.807) is 0 Å². The lowest BCUT2D eigenvalue weighted by Crippen LogP contribution is -2.44. The first-order chi connectivity index (χ1) is 12.7. The van der Waals surface area contributed by atoms with Gasteiger partial charge in [0.15, 0.2) is 5.66 Å². The fourth-order valence-electron chi connectivity index (χ4n) is 3.62. The number of nitrogens with zero attached hydrogens (tertiary/aromatic N) is 3. The van der Waals surface area contributed by atoms with E-state index in [-0.39, 0.29) is 17.6 Å². The zero-order chi connectivity index (χ0) is 18.2. The van der Waals surface area contributed by atoms with E-state index in [4.69, 9.17) is 6.42 Å². The van der Waals surface area contributed by atoms with Gasteiger partial charge < -0.3 is 10.2 Å². The van der Waals surface area contributed by atoms with E-state index in [0.29, 0.717) is 19.3 Å². The molecule has 0 saturated carbocycles. The number of benzene rings is 1. The average molecular weight is 352 g/mol. The van der Waals surface area contributed by atoms with E-state index in [2.05, 4.69) is 50.6 Å². The van der Waals surface area contributed by atoms with Crippen molar-refractivity contribution < 1.29 is 4.79 Å². The van der Waals surface area contributed by atoms with Gasteiger partial charge in [-0.3, -0.25) is 4.79 Å². The first kappa shape index (κ1) is 18.6. The number of rotatable bonds is 10. The Labute approximate surface area is 156 Å². The molecule has 0 aliphatic carbocycles. The van der Waals surface area contributed by atoms with Crippen molar-refractivity contribution in [3.05, 3.63) is 35.9 Å². The maximum Gasteiger partial charge on any atom is 0.220 e. The van der Waals surface area contributed by atoms with Crippen LogP contribution >= 0.6 is 0 Å². The van der Waals surface area contributed by atoms with Crippen LogP contribution < -0.4 is 5.32 Å². The van der Waals surface area contributed by atoms with E-state index < -0.39 is 0 Å². The summed E-state index contributed by atoms with van der Waals surface area (Å²) in [6.45, 7) is 3.18. The Bertz CT molecular complexity index is 652. The summed E-state index contributed by atoms with van der Waals surface area (Å²) in [7, 11) is 0. The molecular formula is C21H28N4O. The fourth-order valence-corrected chi connectivity index (χ4v) is 3.62. The van der Waals surface area contributed by atoms with Gasteiger partial charge in [-0.1, -0.05) is 30.3 Å². The van der Waals surface area contributed by atoms with Gasteiger partial charge in [0, 0.05) is 38.3 Å². The maximum absolute atomic E-state index is 12.5. The second kappa shape index (κ2) is 8.95. The molecule has 3 rings (SSSR count). The smallest absolute Gasteiger partial charge is 0.220 e. The van der Waals surface area contributed by atoms with Crippen LogP contribution in [0.3, 0.4) is 0 Å². The van der Waals surface area contributed by atoms with Crippen molar-refractivity contribution in [3.8, 4) is 12.3 Å². The highest BCUT2D eigenvalue weighted by molar-refractivity contribution is 5.76. The van der Waals surface area contributed by atoms with E-state index >= 15 is 0 Å². The molecule has 1 fully saturated rings. The van der Waals surface area contributed by atoms with Crippen molar-refractivity contribution in [1.82, 2.24) is 10.2 Å². The van der Waals surface area contributed by atoms with Crippen molar-refractivity contribution in [2.45, 2.75) is 56.7 Å².